The number of fused-ring (bicyclic) bond motifs is 2. The second-order valence-electron chi connectivity index (χ2n) is 7.42. The molecule has 27 heavy (non-hydrogen) atoms. The molecule has 0 amide bonds. The number of aromatic nitrogens is 5. The van der Waals surface area contributed by atoms with Crippen LogP contribution in [0.1, 0.15) is 38.3 Å². The van der Waals surface area contributed by atoms with Gasteiger partial charge in [0.2, 0.25) is 0 Å². The average molecular weight is 363 g/mol. The summed E-state index contributed by atoms with van der Waals surface area (Å²) in [6.45, 7) is 3.95. The van der Waals surface area contributed by atoms with Gasteiger partial charge in [0.1, 0.15) is 11.7 Å². The molecule has 0 unspecified atom stereocenters. The first kappa shape index (κ1) is 16.6. The highest BCUT2D eigenvalue weighted by Crippen LogP contribution is 2.32. The molecule has 0 saturated carbocycles. The molecule has 6 heteroatoms. The van der Waals surface area contributed by atoms with Crippen molar-refractivity contribution in [1.29, 1.82) is 0 Å². The Hall–Kier alpha value is -2.60. The van der Waals surface area contributed by atoms with Gasteiger partial charge in [-0.1, -0.05) is 23.8 Å². The number of allylic oxidation sites excluding steroid dienone is 4. The lowest BCUT2D eigenvalue weighted by Gasteiger charge is -2.14. The number of hydrogen-bond acceptors (Lipinski definition) is 3. The standard InChI is InChI=1S/C21H25N5O/c1-2-26-21-20(24-25(13-22-21)10-3-4-11-27)17-9-8-16-15-7-5-6-14(15)12-18(23-26)19(16)17/h5,7,9,13,24,27H,2-4,6,8,10-12H2,1H3. The fourth-order valence-electron chi connectivity index (χ4n) is 4.49. The second kappa shape index (κ2) is 6.53. The van der Waals surface area contributed by atoms with E-state index in [1.54, 1.807) is 0 Å². The Bertz CT molecular complexity index is 1200. The number of aryl methyl sites for hydroxylation is 2. The number of H-pyrrole nitrogens is 1. The third kappa shape index (κ3) is 2.58. The quantitative estimate of drug-likeness (QED) is 0.784. The van der Waals surface area contributed by atoms with Crippen molar-refractivity contribution in [3.05, 3.63) is 56.6 Å². The number of aliphatic hydroxyl groups excluding tert-OH is 1. The van der Waals surface area contributed by atoms with E-state index >= 15 is 0 Å². The molecule has 2 N–H and O–H groups in total. The van der Waals surface area contributed by atoms with Crippen molar-refractivity contribution in [2.24, 2.45) is 0 Å². The Morgan fingerprint density at radius 3 is 3.04 bits per heavy atom. The van der Waals surface area contributed by atoms with Gasteiger partial charge in [-0.15, -0.1) is 0 Å². The van der Waals surface area contributed by atoms with E-state index in [1.165, 1.54) is 32.9 Å². The van der Waals surface area contributed by atoms with E-state index in [1.807, 2.05) is 15.7 Å². The lowest BCUT2D eigenvalue weighted by atomic mass is 9.91. The van der Waals surface area contributed by atoms with Crippen LogP contribution in [-0.2, 0) is 19.5 Å². The lowest BCUT2D eigenvalue weighted by Crippen LogP contribution is -2.31. The molecule has 0 aromatic heterocycles. The topological polar surface area (TPSA) is 71.7 Å². The predicted octanol–water partition coefficient (Wildman–Crippen LogP) is 1.20. The van der Waals surface area contributed by atoms with Crippen LogP contribution in [0.15, 0.2) is 29.6 Å². The van der Waals surface area contributed by atoms with E-state index in [0.717, 1.165) is 56.0 Å². The molecule has 140 valence electrons. The van der Waals surface area contributed by atoms with Crippen LogP contribution in [0.5, 0.6) is 0 Å². The van der Waals surface area contributed by atoms with E-state index in [9.17, 15) is 0 Å². The molecule has 0 spiro atoms. The molecule has 0 aromatic rings. The molecule has 6 nitrogen and oxygen atoms in total. The summed E-state index contributed by atoms with van der Waals surface area (Å²) < 4.78 is 4.05. The number of nitrogens with zero attached hydrogens (tertiary/aromatic N) is 4. The van der Waals surface area contributed by atoms with Crippen molar-refractivity contribution in [1.82, 2.24) is 24.5 Å². The van der Waals surface area contributed by atoms with Gasteiger partial charge in [-0.3, -0.25) is 9.78 Å². The summed E-state index contributed by atoms with van der Waals surface area (Å²) >= 11 is 0. The van der Waals surface area contributed by atoms with Gasteiger partial charge in [-0.05, 0) is 43.8 Å². The molecule has 5 rings (SSSR count). The van der Waals surface area contributed by atoms with Crippen molar-refractivity contribution >= 4 is 11.6 Å². The number of hydrogen-bond donors (Lipinski definition) is 2. The van der Waals surface area contributed by atoms with Crippen molar-refractivity contribution in [3.8, 4) is 0 Å². The van der Waals surface area contributed by atoms with Gasteiger partial charge >= 0.3 is 0 Å². The third-order valence-corrected chi connectivity index (χ3v) is 5.77. The van der Waals surface area contributed by atoms with E-state index in [0.29, 0.717) is 0 Å². The van der Waals surface area contributed by atoms with E-state index in [2.05, 4.69) is 30.3 Å². The van der Waals surface area contributed by atoms with Crippen molar-refractivity contribution in [2.45, 2.75) is 52.1 Å². The highest BCUT2D eigenvalue weighted by molar-refractivity contribution is 5.79. The summed E-state index contributed by atoms with van der Waals surface area (Å²) in [5.74, 6) is 0. The molecule has 0 bridgehead atoms. The fraction of sp³-hybridized carbons (Fsp3) is 0.429. The molecule has 0 radical (unpaired) electrons. The largest absolute Gasteiger partial charge is 0.396 e. The van der Waals surface area contributed by atoms with Crippen molar-refractivity contribution in [2.75, 3.05) is 6.61 Å². The van der Waals surface area contributed by atoms with Gasteiger partial charge in [0, 0.05) is 36.6 Å². The minimum atomic E-state index is 0.228. The smallest absolute Gasteiger partial charge is 0.176 e. The molecule has 0 aromatic carbocycles. The predicted molar refractivity (Wildman–Crippen MR) is 104 cm³/mol. The molecule has 5 aliphatic rings. The van der Waals surface area contributed by atoms with E-state index < -0.39 is 0 Å². The van der Waals surface area contributed by atoms with Crippen LogP contribution < -0.4 is 10.4 Å². The van der Waals surface area contributed by atoms with Gasteiger partial charge in [-0.2, -0.15) is 5.10 Å². The van der Waals surface area contributed by atoms with Gasteiger partial charge in [-0.25, -0.2) is 9.67 Å². The van der Waals surface area contributed by atoms with Crippen LogP contribution in [0.2, 0.25) is 0 Å². The summed E-state index contributed by atoms with van der Waals surface area (Å²) in [6.07, 6.45) is 13.4. The molecule has 0 atom stereocenters. The van der Waals surface area contributed by atoms with Gasteiger partial charge in [0.05, 0.1) is 5.69 Å². The lowest BCUT2D eigenvalue weighted by molar-refractivity contribution is 0.279. The number of unbranched alkanes of at least 4 members (excludes halogenated alkanes) is 1. The molecule has 0 saturated heterocycles. The first-order chi connectivity index (χ1) is 13.3. The monoisotopic (exact) mass is 363 g/mol. The highest BCUT2D eigenvalue weighted by Gasteiger charge is 2.24. The zero-order chi connectivity index (χ0) is 18.4. The maximum Gasteiger partial charge on any atom is 0.176 e. The van der Waals surface area contributed by atoms with E-state index in [4.69, 9.17) is 15.2 Å². The molecule has 2 aliphatic heterocycles. The van der Waals surface area contributed by atoms with Crippen LogP contribution in [-0.4, -0.2) is 36.3 Å². The fourth-order valence-corrected chi connectivity index (χ4v) is 4.49. The first-order valence-corrected chi connectivity index (χ1v) is 9.91. The Kier molecular flexibility index (Phi) is 4.01. The van der Waals surface area contributed by atoms with Gasteiger partial charge in [0.15, 0.2) is 5.48 Å². The molecule has 3 aliphatic carbocycles. The van der Waals surface area contributed by atoms with Crippen LogP contribution in [0.3, 0.4) is 0 Å². The molecular weight excluding hydrogens is 338 g/mol. The van der Waals surface area contributed by atoms with Gasteiger partial charge in [0.25, 0.3) is 0 Å². The summed E-state index contributed by atoms with van der Waals surface area (Å²) in [6, 6.07) is 0. The van der Waals surface area contributed by atoms with Gasteiger partial charge < -0.3 is 5.11 Å². The van der Waals surface area contributed by atoms with Crippen LogP contribution in [0.25, 0.3) is 11.6 Å². The number of nitrogens with one attached hydrogen (secondary N) is 1. The van der Waals surface area contributed by atoms with Crippen LogP contribution in [0, 0.1) is 10.8 Å². The summed E-state index contributed by atoms with van der Waals surface area (Å²) in [4.78, 5) is 4.75. The zero-order valence-electron chi connectivity index (χ0n) is 15.7. The van der Waals surface area contributed by atoms with Crippen LogP contribution >= 0.6 is 0 Å². The number of aliphatic hydroxyl groups is 1. The average Bonchev–Trinajstić information content (AvgIpc) is 3.30. The SMILES string of the molecule is CCn1nc2c3c(c4[nH]n(CCCCO)cnc1=4)=CCC=3C1=C(CC=C1)C2. The molecule has 2 heterocycles. The first-order valence-electron chi connectivity index (χ1n) is 9.91. The summed E-state index contributed by atoms with van der Waals surface area (Å²) in [5, 5.41) is 21.2. The highest BCUT2D eigenvalue weighted by atomic mass is 16.2. The maximum absolute atomic E-state index is 9.05. The van der Waals surface area contributed by atoms with Crippen LogP contribution in [0.4, 0.5) is 0 Å². The van der Waals surface area contributed by atoms with Crippen molar-refractivity contribution in [3.63, 3.8) is 0 Å². The Labute approximate surface area is 157 Å². The maximum atomic E-state index is 9.05. The number of rotatable bonds is 5. The third-order valence-electron chi connectivity index (χ3n) is 5.77. The van der Waals surface area contributed by atoms with Crippen molar-refractivity contribution < 1.29 is 5.11 Å². The molecule has 0 fully saturated rings. The zero-order valence-corrected chi connectivity index (χ0v) is 15.7. The second-order valence-corrected chi connectivity index (χ2v) is 7.42. The Morgan fingerprint density at radius 1 is 1.26 bits per heavy atom. The summed E-state index contributed by atoms with van der Waals surface area (Å²) in [5.41, 5.74) is 6.43. The number of aromatic amines is 1. The minimum absolute atomic E-state index is 0.228. The summed E-state index contributed by atoms with van der Waals surface area (Å²) in [7, 11) is 0. The van der Waals surface area contributed by atoms with E-state index in [-0.39, 0.29) is 6.61 Å². The molecular formula is C21H25N5O. The Balaban J connectivity index is 1.82. The Morgan fingerprint density at radius 2 is 2.19 bits per heavy atom. The normalized spacial score (nSPS) is 16.7. The minimum Gasteiger partial charge on any atom is -0.396 e.